The van der Waals surface area contributed by atoms with E-state index in [0.717, 1.165) is 38.0 Å². The van der Waals surface area contributed by atoms with Crippen LogP contribution in [0.25, 0.3) is 0 Å². The van der Waals surface area contributed by atoms with Gasteiger partial charge in [0.25, 0.3) is 0 Å². The number of amides is 1. The molecule has 0 aliphatic heterocycles. The molecule has 2 fully saturated rings. The second-order valence-electron chi connectivity index (χ2n) is 7.10. The molecule has 2 aliphatic carbocycles. The van der Waals surface area contributed by atoms with Crippen LogP contribution in [0.3, 0.4) is 0 Å². The molecule has 4 heteroatoms. The third-order valence-corrected chi connectivity index (χ3v) is 5.36. The molecule has 0 aromatic carbocycles. The van der Waals surface area contributed by atoms with Gasteiger partial charge in [0, 0.05) is 13.0 Å². The van der Waals surface area contributed by atoms with Crippen LogP contribution in [0.5, 0.6) is 0 Å². The zero-order chi connectivity index (χ0) is 15.1. The average molecular weight is 295 g/mol. The van der Waals surface area contributed by atoms with Gasteiger partial charge in [0.1, 0.15) is 0 Å². The summed E-state index contributed by atoms with van der Waals surface area (Å²) in [6.45, 7) is 0.544. The predicted molar refractivity (Wildman–Crippen MR) is 82.0 cm³/mol. The molecule has 0 aromatic heterocycles. The van der Waals surface area contributed by atoms with E-state index in [-0.39, 0.29) is 17.7 Å². The van der Waals surface area contributed by atoms with Gasteiger partial charge in [0.05, 0.1) is 6.42 Å². The lowest BCUT2D eigenvalue weighted by Gasteiger charge is -2.36. The minimum atomic E-state index is -0.739. The maximum absolute atomic E-state index is 12.0. The monoisotopic (exact) mass is 295 g/mol. The molecule has 0 saturated heterocycles. The zero-order valence-corrected chi connectivity index (χ0v) is 13.0. The highest BCUT2D eigenvalue weighted by atomic mass is 16.4. The SMILES string of the molecule is O=C(O)CC1(CNC(=O)CCC2CCCC2)CCCCC1. The van der Waals surface area contributed by atoms with E-state index in [2.05, 4.69) is 5.32 Å². The van der Waals surface area contributed by atoms with Crippen LogP contribution in [0.1, 0.15) is 77.0 Å². The predicted octanol–water partition coefficient (Wildman–Crippen LogP) is 3.50. The van der Waals surface area contributed by atoms with Crippen molar-refractivity contribution in [2.24, 2.45) is 11.3 Å². The summed E-state index contributed by atoms with van der Waals surface area (Å²) in [7, 11) is 0. The van der Waals surface area contributed by atoms with Gasteiger partial charge in [-0.3, -0.25) is 9.59 Å². The number of aliphatic carboxylic acids is 1. The Kier molecular flexibility index (Phi) is 6.07. The second-order valence-corrected chi connectivity index (χ2v) is 7.10. The molecule has 2 N–H and O–H groups in total. The average Bonchev–Trinajstić information content (AvgIpc) is 2.96. The minimum absolute atomic E-state index is 0.109. The molecule has 0 unspecified atom stereocenters. The van der Waals surface area contributed by atoms with E-state index in [1.54, 1.807) is 0 Å². The van der Waals surface area contributed by atoms with Crippen LogP contribution >= 0.6 is 0 Å². The highest BCUT2D eigenvalue weighted by Gasteiger charge is 2.34. The van der Waals surface area contributed by atoms with Gasteiger partial charge in [-0.25, -0.2) is 0 Å². The van der Waals surface area contributed by atoms with Crippen molar-refractivity contribution in [3.63, 3.8) is 0 Å². The number of hydrogen-bond acceptors (Lipinski definition) is 2. The highest BCUT2D eigenvalue weighted by molar-refractivity contribution is 5.76. The number of carbonyl (C=O) groups excluding carboxylic acids is 1. The molecule has 2 saturated carbocycles. The Labute approximate surface area is 127 Å². The quantitative estimate of drug-likeness (QED) is 0.755. The molecule has 120 valence electrons. The summed E-state index contributed by atoms with van der Waals surface area (Å²) in [4.78, 5) is 23.1. The van der Waals surface area contributed by atoms with Crippen molar-refractivity contribution >= 4 is 11.9 Å². The normalized spacial score (nSPS) is 22.1. The number of carboxylic acids is 1. The van der Waals surface area contributed by atoms with Gasteiger partial charge in [0.2, 0.25) is 5.91 Å². The highest BCUT2D eigenvalue weighted by Crippen LogP contribution is 2.38. The topological polar surface area (TPSA) is 66.4 Å². The molecule has 2 rings (SSSR count). The van der Waals surface area contributed by atoms with Crippen molar-refractivity contribution in [1.82, 2.24) is 5.32 Å². The minimum Gasteiger partial charge on any atom is -0.481 e. The molecule has 0 radical (unpaired) electrons. The first-order chi connectivity index (χ1) is 10.1. The van der Waals surface area contributed by atoms with Crippen LogP contribution in [0.2, 0.25) is 0 Å². The largest absolute Gasteiger partial charge is 0.481 e. The van der Waals surface area contributed by atoms with Crippen LogP contribution in [0.4, 0.5) is 0 Å². The van der Waals surface area contributed by atoms with E-state index in [1.165, 1.54) is 32.1 Å². The molecule has 1 amide bonds. The Hall–Kier alpha value is -1.06. The van der Waals surface area contributed by atoms with E-state index < -0.39 is 5.97 Å². The standard InChI is InChI=1S/C17H29NO3/c19-15(9-8-14-6-2-3-7-14)18-13-17(12-16(20)21)10-4-1-5-11-17/h14H,1-13H2,(H,18,19)(H,20,21). The summed E-state index contributed by atoms with van der Waals surface area (Å²) >= 11 is 0. The second kappa shape index (κ2) is 7.81. The fourth-order valence-corrected chi connectivity index (χ4v) is 4.05. The Morgan fingerprint density at radius 2 is 1.71 bits per heavy atom. The Morgan fingerprint density at radius 3 is 2.33 bits per heavy atom. The first-order valence-electron chi connectivity index (χ1n) is 8.58. The third-order valence-electron chi connectivity index (χ3n) is 5.36. The maximum atomic E-state index is 12.0. The van der Waals surface area contributed by atoms with Gasteiger partial charge < -0.3 is 10.4 Å². The van der Waals surface area contributed by atoms with E-state index in [4.69, 9.17) is 5.11 Å². The molecule has 21 heavy (non-hydrogen) atoms. The van der Waals surface area contributed by atoms with Crippen molar-refractivity contribution in [2.75, 3.05) is 6.54 Å². The fraction of sp³-hybridized carbons (Fsp3) is 0.882. The molecule has 4 nitrogen and oxygen atoms in total. The lowest BCUT2D eigenvalue weighted by Crippen LogP contribution is -2.40. The van der Waals surface area contributed by atoms with Gasteiger partial charge in [-0.1, -0.05) is 44.9 Å². The van der Waals surface area contributed by atoms with E-state index in [9.17, 15) is 9.59 Å². The Balaban J connectivity index is 1.74. The molecule has 0 heterocycles. The van der Waals surface area contributed by atoms with Crippen molar-refractivity contribution in [1.29, 1.82) is 0 Å². The molecule has 0 aromatic rings. The fourth-order valence-electron chi connectivity index (χ4n) is 4.05. The number of carbonyl (C=O) groups is 2. The smallest absolute Gasteiger partial charge is 0.303 e. The van der Waals surface area contributed by atoms with Gasteiger partial charge >= 0.3 is 5.97 Å². The number of carboxylic acid groups (broad SMARTS) is 1. The molecular weight excluding hydrogens is 266 g/mol. The van der Waals surface area contributed by atoms with Crippen LogP contribution in [-0.4, -0.2) is 23.5 Å². The van der Waals surface area contributed by atoms with Crippen molar-refractivity contribution in [2.45, 2.75) is 77.0 Å². The number of rotatable bonds is 7. The number of hydrogen-bond donors (Lipinski definition) is 2. The van der Waals surface area contributed by atoms with E-state index in [0.29, 0.717) is 13.0 Å². The number of nitrogens with one attached hydrogen (secondary N) is 1. The molecule has 0 spiro atoms. The summed E-state index contributed by atoms with van der Waals surface area (Å²) in [5, 5.41) is 12.2. The van der Waals surface area contributed by atoms with Crippen LogP contribution in [0.15, 0.2) is 0 Å². The van der Waals surface area contributed by atoms with Crippen LogP contribution in [-0.2, 0) is 9.59 Å². The van der Waals surface area contributed by atoms with Crippen molar-refractivity contribution in [3.05, 3.63) is 0 Å². The van der Waals surface area contributed by atoms with Crippen molar-refractivity contribution < 1.29 is 14.7 Å². The lowest BCUT2D eigenvalue weighted by atomic mass is 9.71. The van der Waals surface area contributed by atoms with Gasteiger partial charge in [-0.15, -0.1) is 0 Å². The first-order valence-corrected chi connectivity index (χ1v) is 8.58. The van der Waals surface area contributed by atoms with E-state index >= 15 is 0 Å². The summed E-state index contributed by atoms with van der Waals surface area (Å²) in [5.74, 6) is 0.104. The summed E-state index contributed by atoms with van der Waals surface area (Å²) < 4.78 is 0. The Morgan fingerprint density at radius 1 is 1.05 bits per heavy atom. The van der Waals surface area contributed by atoms with Gasteiger partial charge in [-0.05, 0) is 30.6 Å². The summed E-state index contributed by atoms with van der Waals surface area (Å²) in [6.07, 6.45) is 12.2. The maximum Gasteiger partial charge on any atom is 0.303 e. The van der Waals surface area contributed by atoms with Crippen molar-refractivity contribution in [3.8, 4) is 0 Å². The Bertz CT molecular complexity index is 355. The van der Waals surface area contributed by atoms with E-state index in [1.807, 2.05) is 0 Å². The molecule has 0 atom stereocenters. The zero-order valence-electron chi connectivity index (χ0n) is 13.0. The van der Waals surface area contributed by atoms with Crippen LogP contribution < -0.4 is 5.32 Å². The first kappa shape index (κ1) is 16.3. The molecule has 2 aliphatic rings. The molecule has 0 bridgehead atoms. The van der Waals surface area contributed by atoms with Gasteiger partial charge in [0.15, 0.2) is 0 Å². The van der Waals surface area contributed by atoms with Gasteiger partial charge in [-0.2, -0.15) is 0 Å². The summed E-state index contributed by atoms with van der Waals surface area (Å²) in [6, 6.07) is 0. The summed E-state index contributed by atoms with van der Waals surface area (Å²) in [5.41, 5.74) is -0.201. The molecular formula is C17H29NO3. The van der Waals surface area contributed by atoms with Crippen LogP contribution in [0, 0.1) is 11.3 Å². The lowest BCUT2D eigenvalue weighted by molar-refractivity contribution is -0.140. The third kappa shape index (κ3) is 5.33.